The van der Waals surface area contributed by atoms with Crippen molar-refractivity contribution in [2.75, 3.05) is 13.2 Å². The van der Waals surface area contributed by atoms with E-state index in [1.54, 1.807) is 26.0 Å². The summed E-state index contributed by atoms with van der Waals surface area (Å²) < 4.78 is 92.3. The maximum absolute atomic E-state index is 12.8. The summed E-state index contributed by atoms with van der Waals surface area (Å²) in [6.07, 6.45) is 3.57. The van der Waals surface area contributed by atoms with Gasteiger partial charge in [0.2, 0.25) is 0 Å². The van der Waals surface area contributed by atoms with Crippen molar-refractivity contribution in [1.29, 1.82) is 0 Å². The Morgan fingerprint density at radius 2 is 1.07 bits per heavy atom. The number of halogens is 6. The fraction of sp³-hybridized carbons (Fsp3) is 0.551. The number of hydrogen-bond donors (Lipinski definition) is 7. The highest BCUT2D eigenvalue weighted by Gasteiger charge is 2.40. The molecule has 0 heterocycles. The monoisotopic (exact) mass is 958 g/mol. The lowest BCUT2D eigenvalue weighted by molar-refractivity contribution is -0.147. The third-order valence-electron chi connectivity index (χ3n) is 11.1. The lowest BCUT2D eigenvalue weighted by atomic mass is 9.89. The fourth-order valence-corrected chi connectivity index (χ4v) is 7.72. The highest BCUT2D eigenvalue weighted by Crippen LogP contribution is 2.38. The number of esters is 1. The quantitative estimate of drug-likeness (QED) is 0.0245. The minimum Gasteiger partial charge on any atom is -0.491 e. The van der Waals surface area contributed by atoms with Gasteiger partial charge < -0.3 is 50.0 Å². The second kappa shape index (κ2) is 27.9. The van der Waals surface area contributed by atoms with E-state index in [0.29, 0.717) is 44.9 Å². The first-order valence-electron chi connectivity index (χ1n) is 22.3. The number of ether oxygens (including phenoxy) is 3. The number of alkyl halides is 6. The van der Waals surface area contributed by atoms with Crippen molar-refractivity contribution in [2.45, 2.75) is 133 Å². The van der Waals surface area contributed by atoms with E-state index in [2.05, 4.69) is 0 Å². The van der Waals surface area contributed by atoms with Gasteiger partial charge in [0, 0.05) is 37.5 Å². The molecule has 0 aromatic heterocycles. The van der Waals surface area contributed by atoms with Gasteiger partial charge in [0.15, 0.2) is 0 Å². The number of unbranched alkanes of at least 4 members (excludes halogenated alkanes) is 2. The Balaban J connectivity index is 0.000000357. The van der Waals surface area contributed by atoms with E-state index in [9.17, 15) is 66.6 Å². The third kappa shape index (κ3) is 21.0. The fourth-order valence-electron chi connectivity index (χ4n) is 7.72. The molecule has 0 aliphatic heterocycles. The van der Waals surface area contributed by atoms with Gasteiger partial charge in [-0.3, -0.25) is 9.59 Å². The van der Waals surface area contributed by atoms with Gasteiger partial charge in [0.05, 0.1) is 41.6 Å². The number of aliphatic hydroxyl groups excluding tert-OH is 6. The molecule has 67 heavy (non-hydrogen) atoms. The summed E-state index contributed by atoms with van der Waals surface area (Å²) in [4.78, 5) is 22.0. The minimum absolute atomic E-state index is 0.0101. The molecular formula is C49H64F6O12. The molecule has 12 nitrogen and oxygen atoms in total. The second-order valence-electron chi connectivity index (χ2n) is 16.9. The van der Waals surface area contributed by atoms with E-state index >= 15 is 0 Å². The van der Waals surface area contributed by atoms with Gasteiger partial charge in [-0.05, 0) is 101 Å². The van der Waals surface area contributed by atoms with Crippen molar-refractivity contribution in [1.82, 2.24) is 0 Å². The Labute approximate surface area is 386 Å². The van der Waals surface area contributed by atoms with Crippen LogP contribution >= 0.6 is 0 Å². The van der Waals surface area contributed by atoms with E-state index in [4.69, 9.17) is 19.3 Å². The largest absolute Gasteiger partial charge is 0.491 e. The molecule has 18 heteroatoms. The molecule has 2 aromatic rings. The van der Waals surface area contributed by atoms with Gasteiger partial charge in [-0.15, -0.1) is 0 Å². The van der Waals surface area contributed by atoms with Crippen molar-refractivity contribution in [2.24, 2.45) is 23.7 Å². The number of carbonyl (C=O) groups excluding carboxylic acids is 1. The van der Waals surface area contributed by atoms with Gasteiger partial charge in [0.25, 0.3) is 0 Å². The third-order valence-corrected chi connectivity index (χ3v) is 11.1. The molecule has 7 N–H and O–H groups in total. The first-order valence-corrected chi connectivity index (χ1v) is 22.3. The maximum Gasteiger partial charge on any atom is 0.416 e. The Hall–Kier alpha value is -4.72. The first kappa shape index (κ1) is 56.6. The summed E-state index contributed by atoms with van der Waals surface area (Å²) in [7, 11) is 0. The number of benzene rings is 2. The molecule has 0 saturated heterocycles. The average Bonchev–Trinajstić information content (AvgIpc) is 3.68. The zero-order valence-electron chi connectivity index (χ0n) is 37.5. The predicted molar refractivity (Wildman–Crippen MR) is 235 cm³/mol. The molecule has 2 saturated carbocycles. The molecule has 0 amide bonds. The Kier molecular flexibility index (Phi) is 23.6. The van der Waals surface area contributed by atoms with Gasteiger partial charge in [0.1, 0.15) is 36.9 Å². The molecule has 0 unspecified atom stereocenters. The number of aliphatic hydroxyl groups is 6. The van der Waals surface area contributed by atoms with Gasteiger partial charge in [-0.2, -0.15) is 26.3 Å². The van der Waals surface area contributed by atoms with Crippen LogP contribution < -0.4 is 9.47 Å². The number of hydrogen-bond acceptors (Lipinski definition) is 11. The van der Waals surface area contributed by atoms with Crippen LogP contribution in [0, 0.1) is 23.7 Å². The average molecular weight is 959 g/mol. The zero-order chi connectivity index (χ0) is 49.7. The van der Waals surface area contributed by atoms with Crippen LogP contribution in [0.4, 0.5) is 26.3 Å². The van der Waals surface area contributed by atoms with Crippen molar-refractivity contribution in [3.8, 4) is 11.5 Å². The summed E-state index contributed by atoms with van der Waals surface area (Å²) in [6.45, 7) is 3.07. The van der Waals surface area contributed by atoms with Crippen molar-refractivity contribution in [3.63, 3.8) is 0 Å². The number of rotatable bonds is 23. The Morgan fingerprint density at radius 3 is 1.46 bits per heavy atom. The molecule has 0 bridgehead atoms. The summed E-state index contributed by atoms with van der Waals surface area (Å²) in [6, 6.07) is 8.76. The highest BCUT2D eigenvalue weighted by molar-refractivity contribution is 5.69. The van der Waals surface area contributed by atoms with Gasteiger partial charge >= 0.3 is 24.3 Å². The van der Waals surface area contributed by atoms with Crippen LogP contribution in [-0.2, 0) is 26.7 Å². The molecule has 2 aliphatic carbocycles. The number of carbonyl (C=O) groups is 2. The van der Waals surface area contributed by atoms with E-state index in [-0.39, 0.29) is 73.8 Å². The highest BCUT2D eigenvalue weighted by atomic mass is 19.4. The molecule has 10 atom stereocenters. The van der Waals surface area contributed by atoms with Gasteiger partial charge in [-0.1, -0.05) is 60.7 Å². The number of carboxylic acid groups (broad SMARTS) is 1. The molecule has 4 rings (SSSR count). The van der Waals surface area contributed by atoms with Crippen LogP contribution in [0.25, 0.3) is 0 Å². The Morgan fingerprint density at radius 1 is 0.657 bits per heavy atom. The second-order valence-corrected chi connectivity index (χ2v) is 16.9. The van der Waals surface area contributed by atoms with Crippen LogP contribution in [0.15, 0.2) is 97.1 Å². The number of allylic oxidation sites excluding steroid dienone is 4. The molecule has 2 aromatic carbocycles. The summed E-state index contributed by atoms with van der Waals surface area (Å²) in [5.74, 6) is -2.43. The van der Waals surface area contributed by atoms with E-state index < -0.39 is 72.0 Å². The van der Waals surface area contributed by atoms with Crippen LogP contribution in [0.1, 0.15) is 89.2 Å². The smallest absolute Gasteiger partial charge is 0.416 e. The van der Waals surface area contributed by atoms with Crippen molar-refractivity contribution < 1.29 is 85.9 Å². The van der Waals surface area contributed by atoms with Gasteiger partial charge in [-0.25, -0.2) is 0 Å². The minimum atomic E-state index is -4.49. The van der Waals surface area contributed by atoms with E-state index in [0.717, 1.165) is 24.3 Å². The van der Waals surface area contributed by atoms with E-state index in [1.807, 2.05) is 24.3 Å². The topological polar surface area (TPSA) is 203 Å². The molecule has 374 valence electrons. The summed E-state index contributed by atoms with van der Waals surface area (Å²) in [5, 5.41) is 70.0. The molecule has 2 aliphatic rings. The van der Waals surface area contributed by atoms with Crippen LogP contribution in [0.5, 0.6) is 11.5 Å². The standard InChI is InChI=1S/C26H35F3O6.C23H29F3O6/c1-17(2)35-25(33)11-6-4-3-5-10-21-22(24(32)15-23(21)31)13-12-19(30)16-34-20-9-7-8-18(14-20)26(27,28)29;24-23(25,26)15-6-5-7-17(12-15)32-14-16(27)10-11-19-18(20(28)13-21(19)29)8-3-1-2-4-9-22(30)31/h3,5,7-9,12-14,17,19,21-24,30-32H,4,6,10-11,15-16H2,1-2H3;1,3,5-7,10-12,16,18-21,27-29H,2,4,8-9,13-14H2,(H,30,31)/b5-3-,13-12+;3-1-,11-10+/t19-,21-,22-,23+,24-;16-,18-,19-,20+,21-/m11/s1. The van der Waals surface area contributed by atoms with Crippen molar-refractivity contribution in [3.05, 3.63) is 108 Å². The van der Waals surface area contributed by atoms with Crippen LogP contribution in [0.2, 0.25) is 0 Å². The van der Waals surface area contributed by atoms with E-state index in [1.165, 1.54) is 36.4 Å². The normalized spacial score (nSPS) is 24.4. The number of aliphatic carboxylic acids is 1. The lowest BCUT2D eigenvalue weighted by Crippen LogP contribution is -2.21. The Bertz CT molecular complexity index is 1910. The molecular weight excluding hydrogens is 895 g/mol. The first-order chi connectivity index (χ1) is 31.5. The maximum atomic E-state index is 12.8. The van der Waals surface area contributed by atoms with Crippen molar-refractivity contribution >= 4 is 11.9 Å². The lowest BCUT2D eigenvalue weighted by Gasteiger charge is -2.19. The molecule has 0 spiro atoms. The zero-order valence-corrected chi connectivity index (χ0v) is 37.5. The number of carboxylic acids is 1. The SMILES string of the molecule is CC(C)OC(=O)CCC/C=C\C[C@@H]1[C@@H](/C=C/[C@@H](O)COc2cccc(C(F)(F)F)c2)[C@H](O)C[C@@H]1O.O=C(O)CCC/C=C\C[C@@H]1[C@@H](/C=C/[C@@H](O)COc2cccc(C(F)(F)F)c2)[C@H](O)C[C@@H]1O. The van der Waals surface area contributed by atoms with Crippen LogP contribution in [0.3, 0.4) is 0 Å². The predicted octanol–water partition coefficient (Wildman–Crippen LogP) is 7.99. The molecule has 0 radical (unpaired) electrons. The van der Waals surface area contributed by atoms with Crippen LogP contribution in [-0.4, -0.2) is 104 Å². The summed E-state index contributed by atoms with van der Waals surface area (Å²) >= 11 is 0. The summed E-state index contributed by atoms with van der Waals surface area (Å²) in [5.41, 5.74) is -1.68. The molecule has 2 fully saturated rings.